The Kier molecular flexibility index (Phi) is 8.57. The average Bonchev–Trinajstić information content (AvgIpc) is 3.41. The molecule has 2 aromatic rings. The van der Waals surface area contributed by atoms with Gasteiger partial charge >= 0.3 is 0 Å². The second-order valence-electron chi connectivity index (χ2n) is 8.08. The Balaban J connectivity index is 0.00000272. The van der Waals surface area contributed by atoms with Crippen LogP contribution in [0, 0.1) is 0 Å². The molecule has 0 aromatic heterocycles. The first-order valence-electron chi connectivity index (χ1n) is 10.8. The molecule has 2 fully saturated rings. The lowest BCUT2D eigenvalue weighted by molar-refractivity contribution is -0.128. The summed E-state index contributed by atoms with van der Waals surface area (Å²) < 4.78 is 0. The molecule has 2 saturated heterocycles. The number of aliphatic imine (C=N–C) groups is 1. The number of carbonyl (C=O) groups excluding carboxylic acids is 1. The molecule has 1 unspecified atom stereocenters. The lowest BCUT2D eigenvalue weighted by Gasteiger charge is -2.20. The van der Waals surface area contributed by atoms with Gasteiger partial charge in [-0.05, 0) is 36.1 Å². The lowest BCUT2D eigenvalue weighted by Crippen LogP contribution is -2.44. The van der Waals surface area contributed by atoms with Crippen molar-refractivity contribution >= 4 is 41.5 Å². The molecule has 166 valence electrons. The Morgan fingerprint density at radius 1 is 1.10 bits per heavy atom. The maximum absolute atomic E-state index is 11.9. The number of halogens is 1. The van der Waals surface area contributed by atoms with Crippen molar-refractivity contribution in [3.05, 3.63) is 65.7 Å². The number of likely N-dealkylation sites (tertiary alicyclic amines) is 1. The van der Waals surface area contributed by atoms with Crippen LogP contribution in [0.15, 0.2) is 59.6 Å². The van der Waals surface area contributed by atoms with E-state index in [1.54, 1.807) is 0 Å². The summed E-state index contributed by atoms with van der Waals surface area (Å²) in [5, 5.41) is 7.00. The van der Waals surface area contributed by atoms with Gasteiger partial charge in [-0.3, -0.25) is 9.79 Å². The molecule has 7 heteroatoms. The molecule has 6 nitrogen and oxygen atoms in total. The highest BCUT2D eigenvalue weighted by Crippen LogP contribution is 2.19. The van der Waals surface area contributed by atoms with Crippen molar-refractivity contribution in [2.24, 2.45) is 4.99 Å². The van der Waals surface area contributed by atoms with Gasteiger partial charge in [0.2, 0.25) is 5.91 Å². The summed E-state index contributed by atoms with van der Waals surface area (Å²) in [5.41, 5.74) is 3.65. The fourth-order valence-electron chi connectivity index (χ4n) is 4.25. The molecule has 2 heterocycles. The standard InChI is InChI=1S/C24H31N5O.HI/c1-25-24(27-21-12-14-28(18-21)22-9-3-2-4-10-22)26-16-19-7-5-8-20(15-19)17-29-13-6-11-23(29)30;/h2-5,7-10,15,21H,6,11-14,16-18H2,1H3,(H2,25,26,27);1H. The monoisotopic (exact) mass is 533 g/mol. The van der Waals surface area contributed by atoms with Gasteiger partial charge in [-0.1, -0.05) is 42.5 Å². The van der Waals surface area contributed by atoms with E-state index in [4.69, 9.17) is 0 Å². The Morgan fingerprint density at radius 3 is 2.65 bits per heavy atom. The van der Waals surface area contributed by atoms with Crippen molar-refractivity contribution in [3.63, 3.8) is 0 Å². The summed E-state index contributed by atoms with van der Waals surface area (Å²) in [4.78, 5) is 20.6. The van der Waals surface area contributed by atoms with Gasteiger partial charge in [-0.15, -0.1) is 24.0 Å². The van der Waals surface area contributed by atoms with Crippen LogP contribution in [-0.4, -0.2) is 49.5 Å². The number of benzene rings is 2. The summed E-state index contributed by atoms with van der Waals surface area (Å²) >= 11 is 0. The quantitative estimate of drug-likeness (QED) is 0.340. The fourth-order valence-corrected chi connectivity index (χ4v) is 4.25. The predicted octanol–water partition coefficient (Wildman–Crippen LogP) is 3.37. The van der Waals surface area contributed by atoms with Crippen LogP contribution in [0.4, 0.5) is 5.69 Å². The molecular formula is C24H32IN5O. The van der Waals surface area contributed by atoms with E-state index in [9.17, 15) is 4.79 Å². The largest absolute Gasteiger partial charge is 0.369 e. The summed E-state index contributed by atoms with van der Waals surface area (Å²) in [7, 11) is 1.81. The van der Waals surface area contributed by atoms with Crippen LogP contribution in [0.1, 0.15) is 30.4 Å². The van der Waals surface area contributed by atoms with Gasteiger partial charge in [0.05, 0.1) is 0 Å². The van der Waals surface area contributed by atoms with Crippen molar-refractivity contribution in [2.45, 2.75) is 38.4 Å². The summed E-state index contributed by atoms with van der Waals surface area (Å²) in [6.07, 6.45) is 2.76. The van der Waals surface area contributed by atoms with E-state index in [1.807, 2.05) is 11.9 Å². The Morgan fingerprint density at radius 2 is 1.90 bits per heavy atom. The third-order valence-corrected chi connectivity index (χ3v) is 5.87. The molecule has 2 aliphatic rings. The van der Waals surface area contributed by atoms with E-state index >= 15 is 0 Å². The Bertz CT molecular complexity index is 889. The topological polar surface area (TPSA) is 60.0 Å². The second-order valence-corrected chi connectivity index (χ2v) is 8.08. The smallest absolute Gasteiger partial charge is 0.222 e. The molecule has 1 atom stereocenters. The first-order valence-corrected chi connectivity index (χ1v) is 10.8. The molecule has 2 aliphatic heterocycles. The molecule has 31 heavy (non-hydrogen) atoms. The zero-order chi connectivity index (χ0) is 20.8. The third kappa shape index (κ3) is 6.35. The first-order chi connectivity index (χ1) is 14.7. The number of hydrogen-bond acceptors (Lipinski definition) is 3. The van der Waals surface area contributed by atoms with E-state index in [-0.39, 0.29) is 29.9 Å². The van der Waals surface area contributed by atoms with Crippen LogP contribution in [0.2, 0.25) is 0 Å². The van der Waals surface area contributed by atoms with Crippen molar-refractivity contribution in [1.29, 1.82) is 0 Å². The van der Waals surface area contributed by atoms with Crippen LogP contribution in [0.5, 0.6) is 0 Å². The highest BCUT2D eigenvalue weighted by Gasteiger charge is 2.23. The van der Waals surface area contributed by atoms with Gasteiger partial charge in [0.25, 0.3) is 0 Å². The van der Waals surface area contributed by atoms with Gasteiger partial charge in [0, 0.05) is 57.9 Å². The SMILES string of the molecule is CN=C(NCc1cccc(CN2CCCC2=O)c1)NC1CCN(c2ccccc2)C1.I. The normalized spacial score (nSPS) is 18.8. The van der Waals surface area contributed by atoms with E-state index < -0.39 is 0 Å². The number of nitrogens with one attached hydrogen (secondary N) is 2. The maximum Gasteiger partial charge on any atom is 0.222 e. The van der Waals surface area contributed by atoms with Gasteiger partial charge in [-0.2, -0.15) is 0 Å². The average molecular weight is 533 g/mol. The summed E-state index contributed by atoms with van der Waals surface area (Å²) in [6.45, 7) is 4.31. The maximum atomic E-state index is 11.9. The van der Waals surface area contributed by atoms with Crippen molar-refractivity contribution in [3.8, 4) is 0 Å². The van der Waals surface area contributed by atoms with E-state index in [2.05, 4.69) is 75.1 Å². The number of nitrogens with zero attached hydrogens (tertiary/aromatic N) is 3. The second kappa shape index (κ2) is 11.4. The van der Waals surface area contributed by atoms with Crippen LogP contribution >= 0.6 is 24.0 Å². The zero-order valence-corrected chi connectivity index (χ0v) is 20.4. The number of carbonyl (C=O) groups is 1. The number of rotatable bonds is 6. The van der Waals surface area contributed by atoms with Crippen LogP contribution < -0.4 is 15.5 Å². The van der Waals surface area contributed by atoms with Gasteiger partial charge in [-0.25, -0.2) is 0 Å². The van der Waals surface area contributed by atoms with Gasteiger partial charge in [0.1, 0.15) is 0 Å². The van der Waals surface area contributed by atoms with E-state index in [1.165, 1.54) is 16.8 Å². The number of anilines is 1. The van der Waals surface area contributed by atoms with Crippen LogP contribution in [-0.2, 0) is 17.9 Å². The fraction of sp³-hybridized carbons (Fsp3) is 0.417. The van der Waals surface area contributed by atoms with Crippen LogP contribution in [0.25, 0.3) is 0 Å². The van der Waals surface area contributed by atoms with E-state index in [0.29, 0.717) is 25.6 Å². The molecule has 0 spiro atoms. The zero-order valence-electron chi connectivity index (χ0n) is 18.1. The molecule has 0 saturated carbocycles. The molecule has 2 N–H and O–H groups in total. The first kappa shape index (κ1) is 23.4. The molecule has 0 bridgehead atoms. The molecule has 4 rings (SSSR count). The van der Waals surface area contributed by atoms with Gasteiger partial charge in [0.15, 0.2) is 5.96 Å². The summed E-state index contributed by atoms with van der Waals surface area (Å²) in [5.74, 6) is 1.10. The summed E-state index contributed by atoms with van der Waals surface area (Å²) in [6, 6.07) is 19.4. The Hall–Kier alpha value is -2.29. The lowest BCUT2D eigenvalue weighted by atomic mass is 10.1. The minimum Gasteiger partial charge on any atom is -0.369 e. The minimum atomic E-state index is 0. The molecular weight excluding hydrogens is 501 g/mol. The number of para-hydroxylation sites is 1. The molecule has 2 aromatic carbocycles. The minimum absolute atomic E-state index is 0. The van der Waals surface area contributed by atoms with E-state index in [0.717, 1.165) is 38.4 Å². The van der Waals surface area contributed by atoms with Crippen LogP contribution in [0.3, 0.4) is 0 Å². The Labute approximate surface area is 202 Å². The van der Waals surface area contributed by atoms with Crippen molar-refractivity contribution < 1.29 is 4.79 Å². The number of hydrogen-bond donors (Lipinski definition) is 2. The molecule has 1 amide bonds. The van der Waals surface area contributed by atoms with Gasteiger partial charge < -0.3 is 20.4 Å². The highest BCUT2D eigenvalue weighted by atomic mass is 127. The molecule has 0 radical (unpaired) electrons. The molecule has 0 aliphatic carbocycles. The number of guanidine groups is 1. The highest BCUT2D eigenvalue weighted by molar-refractivity contribution is 14.0. The predicted molar refractivity (Wildman–Crippen MR) is 137 cm³/mol. The van der Waals surface area contributed by atoms with Crippen molar-refractivity contribution in [2.75, 3.05) is 31.6 Å². The van der Waals surface area contributed by atoms with Crippen molar-refractivity contribution in [1.82, 2.24) is 15.5 Å². The number of amides is 1. The third-order valence-electron chi connectivity index (χ3n) is 5.87.